The van der Waals surface area contributed by atoms with E-state index >= 15 is 0 Å². The van der Waals surface area contributed by atoms with Gasteiger partial charge in [0.2, 0.25) is 5.95 Å². The molecule has 0 fully saturated rings. The zero-order valence-electron chi connectivity index (χ0n) is 19.6. The number of ether oxygens (including phenoxy) is 1. The van der Waals surface area contributed by atoms with E-state index < -0.39 is 36.1 Å². The molecule has 10 nitrogen and oxygen atoms in total. The molecule has 196 valence electrons. The van der Waals surface area contributed by atoms with Gasteiger partial charge in [-0.1, -0.05) is 24.3 Å². The van der Waals surface area contributed by atoms with Crippen molar-refractivity contribution in [3.63, 3.8) is 0 Å². The summed E-state index contributed by atoms with van der Waals surface area (Å²) in [6.45, 7) is -1.39. The van der Waals surface area contributed by atoms with Gasteiger partial charge >= 0.3 is 18.1 Å². The van der Waals surface area contributed by atoms with E-state index in [2.05, 4.69) is 15.3 Å². The predicted octanol–water partition coefficient (Wildman–Crippen LogP) is 3.68. The van der Waals surface area contributed by atoms with Crippen LogP contribution in [0, 0.1) is 0 Å². The number of hydrogen-bond acceptors (Lipinski definition) is 7. The van der Waals surface area contributed by atoms with E-state index in [1.807, 2.05) is 0 Å². The summed E-state index contributed by atoms with van der Waals surface area (Å²) in [4.78, 5) is 44.5. The maximum Gasteiger partial charge on any atom is 0.405 e. The second-order valence-corrected chi connectivity index (χ2v) is 8.08. The summed E-state index contributed by atoms with van der Waals surface area (Å²) >= 11 is 0. The molecule has 0 spiro atoms. The van der Waals surface area contributed by atoms with Crippen molar-refractivity contribution in [3.8, 4) is 22.6 Å². The van der Waals surface area contributed by atoms with Crippen molar-refractivity contribution in [2.24, 2.45) is 0 Å². The van der Waals surface area contributed by atoms with Gasteiger partial charge in [-0.15, -0.1) is 0 Å². The topological polar surface area (TPSA) is 144 Å². The summed E-state index contributed by atoms with van der Waals surface area (Å²) in [6, 6.07) is 11.7. The van der Waals surface area contributed by atoms with Crippen LogP contribution in [0.3, 0.4) is 0 Å². The minimum Gasteiger partial charge on any atom is -0.497 e. The number of fused-ring (bicyclic) bond motifs is 1. The fourth-order valence-electron chi connectivity index (χ4n) is 3.80. The lowest BCUT2D eigenvalue weighted by molar-refractivity contribution is -0.150. The molecule has 13 heteroatoms. The molecule has 0 unspecified atom stereocenters. The van der Waals surface area contributed by atoms with Crippen molar-refractivity contribution in [1.82, 2.24) is 14.5 Å². The Hall–Kier alpha value is -4.94. The normalized spacial score (nSPS) is 11.5. The standard InChI is InChI=1S/C25H19F3N4O6/c1-38-17-8-6-16(7-9-17)32-11-15-10-29-24(30-12-25(26,27)28)31-20(15)18(21(32)33)13-2-4-14(5-3-13)19(22(34)35)23(36)37/h2-11,19H,12H2,1H3,(H,30,31)(H,34,35)(H,36,37). The molecule has 2 aromatic carbocycles. The average Bonchev–Trinajstić information content (AvgIpc) is 2.87. The number of nitrogens with one attached hydrogen (secondary N) is 1. The average molecular weight is 528 g/mol. The molecule has 0 aliphatic rings. The number of aromatic nitrogens is 3. The number of halogens is 3. The molecule has 2 heterocycles. The van der Waals surface area contributed by atoms with Gasteiger partial charge in [0, 0.05) is 23.5 Å². The maximum atomic E-state index is 13.7. The molecule has 0 aliphatic heterocycles. The van der Waals surface area contributed by atoms with Crippen LogP contribution in [0.15, 0.2) is 65.7 Å². The van der Waals surface area contributed by atoms with Crippen LogP contribution in [0.1, 0.15) is 11.5 Å². The molecule has 0 radical (unpaired) electrons. The van der Waals surface area contributed by atoms with Crippen LogP contribution >= 0.6 is 0 Å². The molecule has 0 saturated heterocycles. The number of carboxylic acid groups (broad SMARTS) is 2. The molecular formula is C25H19F3N4O6. The van der Waals surface area contributed by atoms with E-state index in [4.69, 9.17) is 4.74 Å². The molecule has 4 rings (SSSR count). The quantitative estimate of drug-likeness (QED) is 0.292. The molecule has 0 amide bonds. The molecule has 0 aliphatic carbocycles. The number of carbonyl (C=O) groups is 2. The van der Waals surface area contributed by atoms with Crippen LogP contribution < -0.4 is 15.6 Å². The van der Waals surface area contributed by atoms with Crippen LogP contribution in [0.5, 0.6) is 5.75 Å². The fraction of sp³-hybridized carbons (Fsp3) is 0.160. The lowest BCUT2D eigenvalue weighted by Crippen LogP contribution is -2.23. The Balaban J connectivity index is 1.91. The van der Waals surface area contributed by atoms with E-state index in [9.17, 15) is 37.8 Å². The number of hydrogen-bond donors (Lipinski definition) is 3. The minimum atomic E-state index is -4.53. The number of anilines is 1. The summed E-state index contributed by atoms with van der Waals surface area (Å²) in [7, 11) is 1.49. The van der Waals surface area contributed by atoms with Crippen molar-refractivity contribution >= 4 is 28.8 Å². The summed E-state index contributed by atoms with van der Waals surface area (Å²) in [5.41, 5.74) is 0.105. The van der Waals surface area contributed by atoms with Crippen LogP contribution in [0.4, 0.5) is 19.1 Å². The van der Waals surface area contributed by atoms with Gasteiger partial charge in [0.15, 0.2) is 5.92 Å². The zero-order valence-corrected chi connectivity index (χ0v) is 19.6. The Kier molecular flexibility index (Phi) is 7.02. The summed E-state index contributed by atoms with van der Waals surface area (Å²) < 4.78 is 44.6. The number of aliphatic carboxylic acids is 2. The Morgan fingerprint density at radius 3 is 2.24 bits per heavy atom. The van der Waals surface area contributed by atoms with Gasteiger partial charge in [0.25, 0.3) is 5.56 Å². The third-order valence-corrected chi connectivity index (χ3v) is 5.58. The van der Waals surface area contributed by atoms with E-state index in [1.54, 1.807) is 24.3 Å². The third-order valence-electron chi connectivity index (χ3n) is 5.58. The van der Waals surface area contributed by atoms with Gasteiger partial charge in [-0.25, -0.2) is 9.97 Å². The molecule has 4 aromatic rings. The lowest BCUT2D eigenvalue weighted by atomic mass is 9.96. The first-order chi connectivity index (χ1) is 18.0. The van der Waals surface area contributed by atoms with Crippen LogP contribution in [0.25, 0.3) is 27.7 Å². The number of alkyl halides is 3. The number of pyridine rings is 1. The van der Waals surface area contributed by atoms with Crippen molar-refractivity contribution in [2.45, 2.75) is 12.1 Å². The largest absolute Gasteiger partial charge is 0.497 e. The molecule has 2 aromatic heterocycles. The van der Waals surface area contributed by atoms with E-state index in [0.29, 0.717) is 16.8 Å². The first-order valence-corrected chi connectivity index (χ1v) is 10.9. The van der Waals surface area contributed by atoms with Gasteiger partial charge < -0.3 is 20.3 Å². The highest BCUT2D eigenvalue weighted by atomic mass is 19.4. The van der Waals surface area contributed by atoms with Crippen LogP contribution in [-0.4, -0.2) is 56.5 Å². The molecule has 0 saturated carbocycles. The van der Waals surface area contributed by atoms with Gasteiger partial charge in [-0.2, -0.15) is 13.2 Å². The predicted molar refractivity (Wildman–Crippen MR) is 130 cm³/mol. The first-order valence-electron chi connectivity index (χ1n) is 10.9. The third kappa shape index (κ3) is 5.40. The smallest absolute Gasteiger partial charge is 0.405 e. The van der Waals surface area contributed by atoms with Crippen molar-refractivity contribution in [2.75, 3.05) is 19.0 Å². The maximum absolute atomic E-state index is 13.7. The molecule has 0 bridgehead atoms. The molecule has 3 N–H and O–H groups in total. The molecule has 38 heavy (non-hydrogen) atoms. The monoisotopic (exact) mass is 528 g/mol. The lowest BCUT2D eigenvalue weighted by Gasteiger charge is -2.14. The Morgan fingerprint density at radius 2 is 1.68 bits per heavy atom. The second-order valence-electron chi connectivity index (χ2n) is 8.08. The van der Waals surface area contributed by atoms with E-state index in [0.717, 1.165) is 0 Å². The zero-order chi connectivity index (χ0) is 27.6. The first kappa shape index (κ1) is 26.1. The van der Waals surface area contributed by atoms with Crippen molar-refractivity contribution < 1.29 is 37.7 Å². The molecule has 0 atom stereocenters. The van der Waals surface area contributed by atoms with Gasteiger partial charge in [-0.05, 0) is 35.4 Å². The number of nitrogens with zero attached hydrogens (tertiary/aromatic N) is 3. The van der Waals surface area contributed by atoms with Crippen molar-refractivity contribution in [3.05, 3.63) is 76.8 Å². The highest BCUT2D eigenvalue weighted by Gasteiger charge is 2.29. The van der Waals surface area contributed by atoms with Gasteiger partial charge in [-0.3, -0.25) is 19.0 Å². The number of methoxy groups -OCH3 is 1. The van der Waals surface area contributed by atoms with Gasteiger partial charge in [0.05, 0.1) is 18.2 Å². The Morgan fingerprint density at radius 1 is 1.05 bits per heavy atom. The van der Waals surface area contributed by atoms with Crippen LogP contribution in [-0.2, 0) is 9.59 Å². The van der Waals surface area contributed by atoms with Crippen LogP contribution in [0.2, 0.25) is 0 Å². The van der Waals surface area contributed by atoms with Crippen molar-refractivity contribution in [1.29, 1.82) is 0 Å². The summed E-state index contributed by atoms with van der Waals surface area (Å²) in [5.74, 6) is -4.76. The minimum absolute atomic E-state index is 0.00970. The van der Waals surface area contributed by atoms with E-state index in [1.165, 1.54) is 48.3 Å². The molecular weight excluding hydrogens is 509 g/mol. The highest BCUT2D eigenvalue weighted by molar-refractivity contribution is 5.99. The number of rotatable bonds is 8. The Labute approximate surface area is 212 Å². The summed E-state index contributed by atoms with van der Waals surface area (Å²) in [6.07, 6.45) is -1.82. The number of benzene rings is 2. The Bertz CT molecular complexity index is 1550. The summed E-state index contributed by atoms with van der Waals surface area (Å²) in [5, 5.41) is 20.9. The second kappa shape index (κ2) is 10.2. The fourth-order valence-corrected chi connectivity index (χ4v) is 3.80. The highest BCUT2D eigenvalue weighted by Crippen LogP contribution is 2.28. The van der Waals surface area contributed by atoms with Gasteiger partial charge in [0.1, 0.15) is 12.3 Å². The van der Waals surface area contributed by atoms with E-state index in [-0.39, 0.29) is 28.2 Å². The number of carboxylic acids is 2. The SMILES string of the molecule is COc1ccc(-n2cc3cnc(NCC(F)(F)F)nc3c(-c3ccc(C(C(=O)O)C(=O)O)cc3)c2=O)cc1.